The van der Waals surface area contributed by atoms with Crippen molar-refractivity contribution >= 4 is 28.6 Å². The first-order valence-electron chi connectivity index (χ1n) is 12.1. The molecule has 2 aromatic rings. The zero-order valence-electron chi connectivity index (χ0n) is 20.8. The maximum atomic E-state index is 12.2. The third-order valence-electron chi connectivity index (χ3n) is 6.60. The minimum Gasteiger partial charge on any atom is -0.481 e. The van der Waals surface area contributed by atoms with E-state index >= 15 is 0 Å². The molecule has 0 spiro atoms. The van der Waals surface area contributed by atoms with Gasteiger partial charge < -0.3 is 10.2 Å². The fraction of sp³-hybridized carbons (Fsp3) is 0.593. The van der Waals surface area contributed by atoms with Gasteiger partial charge in [0.1, 0.15) is 0 Å². The smallest absolute Gasteiger partial charge is 0.309 e. The zero-order chi connectivity index (χ0) is 25.4. The van der Waals surface area contributed by atoms with Crippen LogP contribution in [0.4, 0.5) is 0 Å². The number of aliphatic hydroxyl groups is 1. The van der Waals surface area contributed by atoms with E-state index in [1.165, 1.54) is 0 Å². The molecule has 1 unspecified atom stereocenters. The molecule has 0 aromatic carbocycles. The highest BCUT2D eigenvalue weighted by Crippen LogP contribution is 2.28. The molecule has 0 saturated heterocycles. The van der Waals surface area contributed by atoms with Gasteiger partial charge >= 0.3 is 5.97 Å². The maximum absolute atomic E-state index is 12.2. The molecule has 0 saturated carbocycles. The molecule has 0 aliphatic rings. The van der Waals surface area contributed by atoms with E-state index in [4.69, 9.17) is 0 Å². The van der Waals surface area contributed by atoms with Crippen molar-refractivity contribution in [2.45, 2.75) is 85.5 Å². The molecule has 2 N–H and O–H groups in total. The minimum absolute atomic E-state index is 0.0205. The first-order valence-corrected chi connectivity index (χ1v) is 13.7. The molecule has 0 amide bonds. The monoisotopic (exact) mass is 506 g/mol. The van der Waals surface area contributed by atoms with Crippen molar-refractivity contribution < 1.29 is 15.0 Å². The van der Waals surface area contributed by atoms with Crippen molar-refractivity contribution in [2.75, 3.05) is 6.61 Å². The highest BCUT2D eigenvalue weighted by molar-refractivity contribution is 7.12. The molecular weight excluding hydrogens is 468 g/mol. The predicted molar refractivity (Wildman–Crippen MR) is 141 cm³/mol. The van der Waals surface area contributed by atoms with Crippen LogP contribution in [0.3, 0.4) is 0 Å². The molecule has 2 rings (SSSR count). The van der Waals surface area contributed by atoms with Gasteiger partial charge in [0.25, 0.3) is 0 Å². The SMILES string of the molecule is CCC(C)(CO)CCCc1cc(=O)cc(CCc2cc(=O)cc(CCCC(C)(C)C(=O)O)s2)s1. The molecule has 7 heteroatoms. The number of aryl methyl sites for hydroxylation is 4. The number of carbonyl (C=O) groups is 1. The molecule has 0 fully saturated rings. The van der Waals surface area contributed by atoms with Crippen LogP contribution in [0.1, 0.15) is 79.3 Å². The summed E-state index contributed by atoms with van der Waals surface area (Å²) in [6, 6.07) is 6.73. The molecule has 1 atom stereocenters. The van der Waals surface area contributed by atoms with Crippen molar-refractivity contribution in [3.05, 3.63) is 64.2 Å². The van der Waals surface area contributed by atoms with E-state index in [2.05, 4.69) is 13.8 Å². The summed E-state index contributed by atoms with van der Waals surface area (Å²) in [6.45, 7) is 7.82. The Bertz CT molecular complexity index is 1060. The number of aliphatic hydroxyl groups excluding tert-OH is 1. The lowest BCUT2D eigenvalue weighted by Gasteiger charge is -2.25. The van der Waals surface area contributed by atoms with Gasteiger partial charge in [-0.15, -0.1) is 22.7 Å². The Labute approximate surface area is 210 Å². The van der Waals surface area contributed by atoms with E-state index in [1.807, 2.05) is 0 Å². The first-order chi connectivity index (χ1) is 16.0. The summed E-state index contributed by atoms with van der Waals surface area (Å²) in [5.41, 5.74) is -0.828. The Morgan fingerprint density at radius 3 is 1.59 bits per heavy atom. The van der Waals surface area contributed by atoms with Crippen molar-refractivity contribution in [3.63, 3.8) is 0 Å². The summed E-state index contributed by atoms with van der Waals surface area (Å²) in [5, 5.41) is 18.9. The van der Waals surface area contributed by atoms with Crippen LogP contribution in [0.5, 0.6) is 0 Å². The molecule has 2 aromatic heterocycles. The standard InChI is InChI=1S/C27H38O5S2/c1-5-27(4,18-28)13-7-9-22-15-20(30)17-24(34-22)11-10-23-16-19(29)14-21(33-23)8-6-12-26(2,3)25(31)32/h14-17,28H,5-13,18H2,1-4H3,(H,31,32). The number of carboxylic acids is 1. The first kappa shape index (κ1) is 28.4. The highest BCUT2D eigenvalue weighted by atomic mass is 32.1. The molecule has 5 nitrogen and oxygen atoms in total. The summed E-state index contributed by atoms with van der Waals surface area (Å²) in [5.74, 6) is -0.802. The average Bonchev–Trinajstić information content (AvgIpc) is 2.76. The third kappa shape index (κ3) is 9.08. The molecule has 2 heterocycles. The van der Waals surface area contributed by atoms with Crippen LogP contribution in [0.25, 0.3) is 0 Å². The number of hydrogen-bond donors (Lipinski definition) is 2. The second-order valence-corrected chi connectivity index (χ2v) is 12.7. The topological polar surface area (TPSA) is 91.7 Å². The molecule has 188 valence electrons. The van der Waals surface area contributed by atoms with E-state index < -0.39 is 11.4 Å². The Kier molecular flexibility index (Phi) is 10.7. The van der Waals surface area contributed by atoms with Gasteiger partial charge in [-0.3, -0.25) is 14.4 Å². The number of rotatable bonds is 14. The summed E-state index contributed by atoms with van der Waals surface area (Å²) in [7, 11) is 0. The molecule has 0 aliphatic heterocycles. The van der Waals surface area contributed by atoms with Gasteiger partial charge in [0.15, 0.2) is 10.9 Å². The van der Waals surface area contributed by atoms with Crippen LogP contribution in [0.2, 0.25) is 0 Å². The summed E-state index contributed by atoms with van der Waals surface area (Å²) in [6.07, 6.45) is 7.01. The Balaban J connectivity index is 1.99. The van der Waals surface area contributed by atoms with Gasteiger partial charge in [0.05, 0.1) is 5.41 Å². The number of carboxylic acid groups (broad SMARTS) is 1. The van der Waals surface area contributed by atoms with E-state index in [0.717, 1.165) is 51.6 Å². The van der Waals surface area contributed by atoms with Crippen molar-refractivity contribution in [1.29, 1.82) is 0 Å². The van der Waals surface area contributed by atoms with E-state index in [1.54, 1.807) is 60.8 Å². The van der Waals surface area contributed by atoms with Crippen LogP contribution in [-0.4, -0.2) is 22.8 Å². The van der Waals surface area contributed by atoms with E-state index in [-0.39, 0.29) is 22.9 Å². The summed E-state index contributed by atoms with van der Waals surface area (Å²) in [4.78, 5) is 39.8. The van der Waals surface area contributed by atoms with Crippen LogP contribution in [0.15, 0.2) is 33.9 Å². The molecule has 34 heavy (non-hydrogen) atoms. The fourth-order valence-electron chi connectivity index (χ4n) is 3.78. The lowest BCUT2D eigenvalue weighted by Crippen LogP contribution is -2.23. The largest absolute Gasteiger partial charge is 0.481 e. The zero-order valence-corrected chi connectivity index (χ0v) is 22.4. The number of hydrogen-bond acceptors (Lipinski definition) is 6. The Morgan fingerprint density at radius 1 is 0.794 bits per heavy atom. The normalized spacial score (nSPS) is 13.6. The molecule has 0 aliphatic carbocycles. The lowest BCUT2D eigenvalue weighted by molar-refractivity contribution is -0.147. The van der Waals surface area contributed by atoms with Crippen LogP contribution in [0, 0.1) is 10.8 Å². The maximum Gasteiger partial charge on any atom is 0.309 e. The van der Waals surface area contributed by atoms with Gasteiger partial charge in [0.2, 0.25) is 0 Å². The second-order valence-electron chi connectivity index (χ2n) is 10.2. The highest BCUT2D eigenvalue weighted by Gasteiger charge is 2.26. The van der Waals surface area contributed by atoms with Crippen molar-refractivity contribution in [2.24, 2.45) is 10.8 Å². The number of aliphatic carboxylic acids is 1. The van der Waals surface area contributed by atoms with Crippen LogP contribution >= 0.6 is 22.7 Å². The molecular formula is C27H38O5S2. The summed E-state index contributed by atoms with van der Waals surface area (Å²) < 4.78 is 0. The Morgan fingerprint density at radius 2 is 1.21 bits per heavy atom. The van der Waals surface area contributed by atoms with Crippen molar-refractivity contribution in [1.82, 2.24) is 0 Å². The summed E-state index contributed by atoms with van der Waals surface area (Å²) >= 11 is 3.26. The predicted octanol–water partition coefficient (Wildman–Crippen LogP) is 5.48. The molecule has 0 radical (unpaired) electrons. The Hall–Kier alpha value is -1.83. The van der Waals surface area contributed by atoms with Gasteiger partial charge in [0, 0.05) is 26.1 Å². The van der Waals surface area contributed by atoms with Gasteiger partial charge in [-0.1, -0.05) is 13.8 Å². The second kappa shape index (κ2) is 12.8. The van der Waals surface area contributed by atoms with Crippen molar-refractivity contribution in [3.8, 4) is 0 Å². The minimum atomic E-state index is -0.802. The van der Waals surface area contributed by atoms with E-state index in [0.29, 0.717) is 25.7 Å². The fourth-order valence-corrected chi connectivity index (χ4v) is 6.06. The third-order valence-corrected chi connectivity index (χ3v) is 8.93. The quantitative estimate of drug-likeness (QED) is 0.354. The van der Waals surface area contributed by atoms with Gasteiger partial charge in [-0.05, 0) is 101 Å². The van der Waals surface area contributed by atoms with Crippen LogP contribution in [-0.2, 0) is 30.5 Å². The van der Waals surface area contributed by atoms with Gasteiger partial charge in [-0.2, -0.15) is 0 Å². The average molecular weight is 507 g/mol. The van der Waals surface area contributed by atoms with E-state index in [9.17, 15) is 24.6 Å². The lowest BCUT2D eigenvalue weighted by atomic mass is 9.83. The van der Waals surface area contributed by atoms with Crippen LogP contribution < -0.4 is 10.9 Å². The molecule has 0 bridgehead atoms. The van der Waals surface area contributed by atoms with Gasteiger partial charge in [-0.25, -0.2) is 0 Å².